The van der Waals surface area contributed by atoms with Gasteiger partial charge in [-0.1, -0.05) is 67.0 Å². The number of aliphatic hydroxyl groups is 1. The number of halogens is 3. The third-order valence-corrected chi connectivity index (χ3v) is 8.74. The van der Waals surface area contributed by atoms with E-state index in [-0.39, 0.29) is 67.5 Å². The standard InChI is InChI=1S/C37H49BrF2N6O5/c1-37(2,3)36(31-18-26(29-19-27(39)12-13-30(29)40)23-45(31)22-25-8-5-4-6-9-25)46(35(51)24-47)17-14-28(41)21-44-33(49)11-7-10-32(48)42-15-16-43-34(50)20-38/h4-6,8-9,12-13,18-19,23,28,36,47H,7,10-11,14-17,20-22,24,41H2,1-3H3,(H,42,48)(H,43,50)(H,44,49)/t28-,36-/m0/s1. The minimum atomic E-state index is -0.748. The fraction of sp³-hybridized carbons (Fsp3) is 0.459. The Labute approximate surface area is 306 Å². The number of hydrogen-bond acceptors (Lipinski definition) is 6. The molecule has 0 bridgehead atoms. The molecule has 11 nitrogen and oxygen atoms in total. The van der Waals surface area contributed by atoms with Crippen LogP contribution in [0, 0.1) is 17.0 Å². The van der Waals surface area contributed by atoms with E-state index >= 15 is 0 Å². The van der Waals surface area contributed by atoms with Gasteiger partial charge in [0.1, 0.15) is 18.2 Å². The molecule has 14 heteroatoms. The van der Waals surface area contributed by atoms with Crippen molar-refractivity contribution >= 4 is 39.6 Å². The van der Waals surface area contributed by atoms with E-state index in [0.717, 1.165) is 23.8 Å². The molecule has 0 radical (unpaired) electrons. The lowest BCUT2D eigenvalue weighted by atomic mass is 9.82. The lowest BCUT2D eigenvalue weighted by Gasteiger charge is -2.41. The molecule has 0 saturated carbocycles. The fourth-order valence-corrected chi connectivity index (χ4v) is 5.99. The molecule has 6 N–H and O–H groups in total. The summed E-state index contributed by atoms with van der Waals surface area (Å²) in [7, 11) is 0. The van der Waals surface area contributed by atoms with Crippen molar-refractivity contribution in [3.63, 3.8) is 0 Å². The largest absolute Gasteiger partial charge is 0.387 e. The Bertz CT molecular complexity index is 1610. The Hall–Kier alpha value is -4.14. The second-order valence-corrected chi connectivity index (χ2v) is 14.0. The van der Waals surface area contributed by atoms with Gasteiger partial charge in [0.2, 0.25) is 23.6 Å². The monoisotopic (exact) mass is 774 g/mol. The Kier molecular flexibility index (Phi) is 16.2. The third kappa shape index (κ3) is 13.2. The van der Waals surface area contributed by atoms with Crippen molar-refractivity contribution in [3.05, 3.63) is 83.7 Å². The summed E-state index contributed by atoms with van der Waals surface area (Å²) < 4.78 is 31.2. The summed E-state index contributed by atoms with van der Waals surface area (Å²) in [5, 5.41) is 18.3. The van der Waals surface area contributed by atoms with Gasteiger partial charge in [0, 0.05) is 74.6 Å². The maximum Gasteiger partial charge on any atom is 0.248 e. The number of rotatable bonds is 19. The summed E-state index contributed by atoms with van der Waals surface area (Å²) >= 11 is 3.04. The first-order valence-electron chi connectivity index (χ1n) is 16.9. The molecule has 0 aliphatic rings. The average Bonchev–Trinajstić information content (AvgIpc) is 3.49. The second kappa shape index (κ2) is 20.0. The lowest BCUT2D eigenvalue weighted by Crippen LogP contribution is -2.46. The first kappa shape index (κ1) is 41.3. The summed E-state index contributed by atoms with van der Waals surface area (Å²) in [6.45, 7) is 6.40. The van der Waals surface area contributed by atoms with E-state index in [1.807, 2.05) is 55.7 Å². The predicted molar refractivity (Wildman–Crippen MR) is 196 cm³/mol. The topological polar surface area (TPSA) is 159 Å². The maximum absolute atomic E-state index is 15.0. The summed E-state index contributed by atoms with van der Waals surface area (Å²) in [6, 6.07) is 13.5. The highest BCUT2D eigenvalue weighted by molar-refractivity contribution is 9.09. The van der Waals surface area contributed by atoms with Crippen LogP contribution in [0.3, 0.4) is 0 Å². The molecule has 3 rings (SSSR count). The number of carbonyl (C=O) groups excluding carboxylic acids is 4. The molecule has 2 atom stereocenters. The molecule has 0 aliphatic heterocycles. The highest BCUT2D eigenvalue weighted by atomic mass is 79.9. The molecule has 51 heavy (non-hydrogen) atoms. The SMILES string of the molecule is CC(C)(C)[C@H](c1cc(-c2cc(F)ccc2F)cn1Cc1ccccc1)N(CC[C@H](N)CNC(=O)CCCC(=O)NCCNC(=O)CBr)C(=O)CO. The molecule has 1 heterocycles. The lowest BCUT2D eigenvalue weighted by molar-refractivity contribution is -0.139. The number of hydrogen-bond donors (Lipinski definition) is 5. The van der Waals surface area contributed by atoms with Crippen molar-refractivity contribution in [2.45, 2.75) is 65.1 Å². The summed E-state index contributed by atoms with van der Waals surface area (Å²) in [6.07, 6.45) is 2.64. The number of benzene rings is 2. The zero-order valence-electron chi connectivity index (χ0n) is 29.4. The third-order valence-electron chi connectivity index (χ3n) is 8.23. The Morgan fingerprint density at radius 2 is 1.59 bits per heavy atom. The number of aromatic nitrogens is 1. The van der Waals surface area contributed by atoms with Gasteiger partial charge in [-0.25, -0.2) is 8.78 Å². The van der Waals surface area contributed by atoms with E-state index in [1.165, 1.54) is 0 Å². The predicted octanol–water partition coefficient (Wildman–Crippen LogP) is 4.02. The van der Waals surface area contributed by atoms with Gasteiger partial charge in [-0.3, -0.25) is 19.2 Å². The van der Waals surface area contributed by atoms with E-state index in [4.69, 9.17) is 5.73 Å². The first-order valence-corrected chi connectivity index (χ1v) is 18.1. The normalized spacial score (nSPS) is 12.5. The molecule has 0 aliphatic carbocycles. The van der Waals surface area contributed by atoms with E-state index in [2.05, 4.69) is 31.9 Å². The van der Waals surface area contributed by atoms with Gasteiger partial charge in [-0.05, 0) is 48.1 Å². The van der Waals surface area contributed by atoms with Crippen molar-refractivity contribution in [1.29, 1.82) is 0 Å². The minimum absolute atomic E-state index is 0.0880. The molecule has 0 unspecified atom stereocenters. The molecular weight excluding hydrogens is 726 g/mol. The van der Waals surface area contributed by atoms with Gasteiger partial charge >= 0.3 is 0 Å². The number of nitrogens with zero attached hydrogens (tertiary/aromatic N) is 2. The van der Waals surface area contributed by atoms with Crippen LogP contribution in [0.25, 0.3) is 11.1 Å². The van der Waals surface area contributed by atoms with Crippen molar-refractivity contribution < 1.29 is 33.1 Å². The van der Waals surface area contributed by atoms with Crippen LogP contribution < -0.4 is 21.7 Å². The van der Waals surface area contributed by atoms with Gasteiger partial charge in [0.05, 0.1) is 11.4 Å². The number of alkyl halides is 1. The van der Waals surface area contributed by atoms with Crippen molar-refractivity contribution in [3.8, 4) is 11.1 Å². The zero-order chi connectivity index (χ0) is 37.6. The highest BCUT2D eigenvalue weighted by Crippen LogP contribution is 2.41. The molecule has 2 aromatic carbocycles. The number of aliphatic hydroxyl groups excluding tert-OH is 1. The Balaban J connectivity index is 1.71. The number of nitrogens with two attached hydrogens (primary N) is 1. The minimum Gasteiger partial charge on any atom is -0.387 e. The first-order chi connectivity index (χ1) is 24.2. The average molecular weight is 776 g/mol. The van der Waals surface area contributed by atoms with E-state index < -0.39 is 41.6 Å². The van der Waals surface area contributed by atoms with Crippen LogP contribution in [0.1, 0.15) is 63.8 Å². The van der Waals surface area contributed by atoms with Crippen LogP contribution in [-0.2, 0) is 25.7 Å². The zero-order valence-corrected chi connectivity index (χ0v) is 31.0. The number of carbonyl (C=O) groups is 4. The Morgan fingerprint density at radius 1 is 0.941 bits per heavy atom. The van der Waals surface area contributed by atoms with Gasteiger partial charge in [0.15, 0.2) is 0 Å². The molecule has 278 valence electrons. The molecule has 4 amide bonds. The molecule has 0 saturated heterocycles. The summed E-state index contributed by atoms with van der Waals surface area (Å²) in [5.41, 5.74) is 7.96. The van der Waals surface area contributed by atoms with Crippen LogP contribution in [0.4, 0.5) is 8.78 Å². The van der Waals surface area contributed by atoms with E-state index in [1.54, 1.807) is 17.2 Å². The van der Waals surface area contributed by atoms with Gasteiger partial charge in [0.25, 0.3) is 0 Å². The van der Waals surface area contributed by atoms with Crippen molar-refractivity contribution in [1.82, 2.24) is 25.4 Å². The van der Waals surface area contributed by atoms with Gasteiger partial charge in [-0.15, -0.1) is 0 Å². The molecule has 1 aromatic heterocycles. The van der Waals surface area contributed by atoms with Crippen molar-refractivity contribution in [2.75, 3.05) is 38.1 Å². The maximum atomic E-state index is 15.0. The number of amides is 4. The smallest absolute Gasteiger partial charge is 0.248 e. The molecular formula is C37H49BrF2N6O5. The Morgan fingerprint density at radius 3 is 2.22 bits per heavy atom. The van der Waals surface area contributed by atoms with Gasteiger partial charge in [-0.2, -0.15) is 0 Å². The highest BCUT2D eigenvalue weighted by Gasteiger charge is 2.37. The molecule has 3 aromatic rings. The van der Waals surface area contributed by atoms with E-state index in [0.29, 0.717) is 30.8 Å². The number of nitrogens with one attached hydrogen (secondary N) is 3. The summed E-state index contributed by atoms with van der Waals surface area (Å²) in [4.78, 5) is 50.6. The van der Waals surface area contributed by atoms with Crippen LogP contribution in [-0.4, -0.2) is 82.4 Å². The van der Waals surface area contributed by atoms with Crippen LogP contribution in [0.2, 0.25) is 0 Å². The quantitative estimate of drug-likeness (QED) is 0.0915. The van der Waals surface area contributed by atoms with Gasteiger partial charge < -0.3 is 36.3 Å². The molecule has 0 spiro atoms. The van der Waals surface area contributed by atoms with Crippen LogP contribution >= 0.6 is 15.9 Å². The summed E-state index contributed by atoms with van der Waals surface area (Å²) in [5.74, 6) is -2.36. The van der Waals surface area contributed by atoms with Crippen LogP contribution in [0.5, 0.6) is 0 Å². The van der Waals surface area contributed by atoms with Crippen LogP contribution in [0.15, 0.2) is 60.8 Å². The van der Waals surface area contributed by atoms with E-state index in [9.17, 15) is 33.1 Å². The van der Waals surface area contributed by atoms with Crippen molar-refractivity contribution in [2.24, 2.45) is 11.1 Å². The second-order valence-electron chi connectivity index (χ2n) is 13.4. The fourth-order valence-electron chi connectivity index (χ4n) is 5.79. The molecule has 0 fully saturated rings.